The topological polar surface area (TPSA) is 78.4 Å². The number of aliphatic carboxylic acids is 1. The van der Waals surface area contributed by atoms with Crippen molar-refractivity contribution in [3.8, 4) is 12.3 Å². The lowest BCUT2D eigenvalue weighted by Gasteiger charge is -2.10. The van der Waals surface area contributed by atoms with Gasteiger partial charge in [0.05, 0.1) is 12.5 Å². The molecule has 0 aliphatic heterocycles. The van der Waals surface area contributed by atoms with Crippen LogP contribution in [0.3, 0.4) is 0 Å². The number of rotatable bonds is 4. The van der Waals surface area contributed by atoms with Gasteiger partial charge in [-0.15, -0.1) is 6.42 Å². The Bertz CT molecular complexity index is 491. The Morgan fingerprint density at radius 3 is 2.83 bits per heavy atom. The molecule has 1 unspecified atom stereocenters. The van der Waals surface area contributed by atoms with E-state index in [0.29, 0.717) is 11.3 Å². The summed E-state index contributed by atoms with van der Waals surface area (Å²) in [7, 11) is 0. The lowest BCUT2D eigenvalue weighted by molar-refractivity contribution is -0.136. The summed E-state index contributed by atoms with van der Waals surface area (Å²) in [5.41, 5.74) is 1.14. The maximum absolute atomic E-state index is 11.5. The quantitative estimate of drug-likeness (QED) is 0.704. The maximum atomic E-state index is 11.5. The molecule has 0 saturated heterocycles. The van der Waals surface area contributed by atoms with Crippen molar-refractivity contribution in [2.75, 3.05) is 5.32 Å². The van der Waals surface area contributed by atoms with Crippen LogP contribution in [-0.4, -0.2) is 23.1 Å². The number of urea groups is 1. The molecule has 0 aromatic heterocycles. The van der Waals surface area contributed by atoms with Gasteiger partial charge < -0.3 is 15.7 Å². The highest BCUT2D eigenvalue weighted by atomic mass is 16.4. The first kappa shape index (κ1) is 13.6. The van der Waals surface area contributed by atoms with E-state index in [4.69, 9.17) is 11.5 Å². The molecule has 0 aliphatic carbocycles. The fraction of sp³-hybridized carbons (Fsp3) is 0.231. The lowest BCUT2D eigenvalue weighted by Crippen LogP contribution is -2.35. The van der Waals surface area contributed by atoms with Crippen LogP contribution in [0, 0.1) is 12.3 Å². The lowest BCUT2D eigenvalue weighted by atomic mass is 10.1. The fourth-order valence-corrected chi connectivity index (χ4v) is 1.34. The molecule has 18 heavy (non-hydrogen) atoms. The van der Waals surface area contributed by atoms with Gasteiger partial charge >= 0.3 is 12.0 Å². The summed E-state index contributed by atoms with van der Waals surface area (Å²) >= 11 is 0. The SMILES string of the molecule is C#CC(C)NC(=O)Nc1cccc(CC(=O)O)c1. The van der Waals surface area contributed by atoms with Crippen molar-refractivity contribution in [3.05, 3.63) is 29.8 Å². The molecule has 5 heteroatoms. The molecule has 1 aromatic carbocycles. The molecule has 0 spiro atoms. The predicted octanol–water partition coefficient (Wildman–Crippen LogP) is 1.46. The second-order valence-corrected chi connectivity index (χ2v) is 3.76. The van der Waals surface area contributed by atoms with Crippen LogP contribution in [-0.2, 0) is 11.2 Å². The molecule has 0 bridgehead atoms. The molecule has 0 heterocycles. The molecule has 0 saturated carbocycles. The van der Waals surface area contributed by atoms with Crippen LogP contribution in [0.15, 0.2) is 24.3 Å². The minimum absolute atomic E-state index is 0.0854. The highest BCUT2D eigenvalue weighted by Crippen LogP contribution is 2.11. The van der Waals surface area contributed by atoms with Gasteiger partial charge in [0.25, 0.3) is 0 Å². The van der Waals surface area contributed by atoms with Gasteiger partial charge in [-0.3, -0.25) is 4.79 Å². The highest BCUT2D eigenvalue weighted by molar-refractivity contribution is 5.89. The summed E-state index contributed by atoms with van der Waals surface area (Å²) in [5, 5.41) is 13.8. The summed E-state index contributed by atoms with van der Waals surface area (Å²) in [5.74, 6) is 1.45. The first-order chi connectivity index (χ1) is 8.51. The van der Waals surface area contributed by atoms with E-state index >= 15 is 0 Å². The van der Waals surface area contributed by atoms with Crippen molar-refractivity contribution in [2.45, 2.75) is 19.4 Å². The van der Waals surface area contributed by atoms with Crippen LogP contribution in [0.25, 0.3) is 0 Å². The molecule has 3 N–H and O–H groups in total. The minimum atomic E-state index is -0.919. The van der Waals surface area contributed by atoms with E-state index in [2.05, 4.69) is 16.6 Å². The number of anilines is 1. The molecule has 0 fully saturated rings. The summed E-state index contributed by atoms with van der Waals surface area (Å²) < 4.78 is 0. The molecule has 1 aromatic rings. The number of carbonyl (C=O) groups is 2. The Balaban J connectivity index is 2.65. The second-order valence-electron chi connectivity index (χ2n) is 3.76. The Hall–Kier alpha value is -2.48. The highest BCUT2D eigenvalue weighted by Gasteiger charge is 2.06. The van der Waals surface area contributed by atoms with Crippen LogP contribution < -0.4 is 10.6 Å². The molecular formula is C13H14N2O3. The zero-order valence-electron chi connectivity index (χ0n) is 9.93. The van der Waals surface area contributed by atoms with E-state index in [0.717, 1.165) is 0 Å². The van der Waals surface area contributed by atoms with Gasteiger partial charge in [0.15, 0.2) is 0 Å². The zero-order chi connectivity index (χ0) is 13.5. The van der Waals surface area contributed by atoms with Crippen LogP contribution >= 0.6 is 0 Å². The molecule has 5 nitrogen and oxygen atoms in total. The Morgan fingerprint density at radius 1 is 1.50 bits per heavy atom. The van der Waals surface area contributed by atoms with Crippen molar-refractivity contribution >= 4 is 17.7 Å². The van der Waals surface area contributed by atoms with E-state index in [1.165, 1.54) is 0 Å². The van der Waals surface area contributed by atoms with Crippen molar-refractivity contribution in [2.24, 2.45) is 0 Å². The first-order valence-corrected chi connectivity index (χ1v) is 5.35. The molecule has 1 rings (SSSR count). The van der Waals surface area contributed by atoms with Gasteiger partial charge in [0.1, 0.15) is 0 Å². The Labute approximate surface area is 105 Å². The third kappa shape index (κ3) is 4.58. The first-order valence-electron chi connectivity index (χ1n) is 5.35. The number of hydrogen-bond donors (Lipinski definition) is 3. The number of amides is 2. The largest absolute Gasteiger partial charge is 0.481 e. The van der Waals surface area contributed by atoms with E-state index in [9.17, 15) is 9.59 Å². The average Bonchev–Trinajstić information content (AvgIpc) is 2.28. The summed E-state index contributed by atoms with van der Waals surface area (Å²) in [6.45, 7) is 1.68. The van der Waals surface area contributed by atoms with Crippen LogP contribution in [0.2, 0.25) is 0 Å². The summed E-state index contributed by atoms with van der Waals surface area (Å²) in [6.07, 6.45) is 5.05. The van der Waals surface area contributed by atoms with Crippen molar-refractivity contribution < 1.29 is 14.7 Å². The van der Waals surface area contributed by atoms with Crippen LogP contribution in [0.4, 0.5) is 10.5 Å². The second kappa shape index (κ2) is 6.30. The van der Waals surface area contributed by atoms with E-state index in [-0.39, 0.29) is 12.5 Å². The number of nitrogens with one attached hydrogen (secondary N) is 2. The average molecular weight is 246 g/mol. The van der Waals surface area contributed by atoms with Gasteiger partial charge in [-0.2, -0.15) is 0 Å². The summed E-state index contributed by atoms with van der Waals surface area (Å²) in [4.78, 5) is 22.0. The van der Waals surface area contributed by atoms with Crippen LogP contribution in [0.5, 0.6) is 0 Å². The van der Waals surface area contributed by atoms with Gasteiger partial charge in [0.2, 0.25) is 0 Å². The number of benzene rings is 1. The Morgan fingerprint density at radius 2 is 2.22 bits per heavy atom. The zero-order valence-corrected chi connectivity index (χ0v) is 9.93. The number of carboxylic acids is 1. The molecule has 94 valence electrons. The van der Waals surface area contributed by atoms with Crippen molar-refractivity contribution in [1.29, 1.82) is 0 Å². The molecule has 2 amide bonds. The molecule has 0 radical (unpaired) electrons. The Kier molecular flexibility index (Phi) is 4.76. The van der Waals surface area contributed by atoms with Crippen molar-refractivity contribution in [1.82, 2.24) is 5.32 Å². The fourth-order valence-electron chi connectivity index (χ4n) is 1.34. The number of carboxylic acid groups (broad SMARTS) is 1. The molecule has 1 atom stereocenters. The number of hydrogen-bond acceptors (Lipinski definition) is 2. The third-order valence-electron chi connectivity index (χ3n) is 2.14. The standard InChI is InChI=1S/C13H14N2O3/c1-3-9(2)14-13(18)15-11-6-4-5-10(7-11)8-12(16)17/h1,4-7,9H,8H2,2H3,(H,16,17)(H2,14,15,18). The normalized spacial score (nSPS) is 11.1. The van der Waals surface area contributed by atoms with Gasteiger partial charge in [-0.1, -0.05) is 18.1 Å². The molecular weight excluding hydrogens is 232 g/mol. The summed E-state index contributed by atoms with van der Waals surface area (Å²) in [6, 6.07) is 5.85. The number of carbonyl (C=O) groups excluding carboxylic acids is 1. The number of terminal acetylenes is 1. The van der Waals surface area contributed by atoms with Gasteiger partial charge in [0, 0.05) is 5.69 Å². The van der Waals surface area contributed by atoms with Crippen molar-refractivity contribution in [3.63, 3.8) is 0 Å². The molecule has 0 aliphatic rings. The van der Waals surface area contributed by atoms with E-state index < -0.39 is 12.0 Å². The van der Waals surface area contributed by atoms with E-state index in [1.54, 1.807) is 31.2 Å². The smallest absolute Gasteiger partial charge is 0.320 e. The van der Waals surface area contributed by atoms with Gasteiger partial charge in [-0.05, 0) is 24.6 Å². The monoisotopic (exact) mass is 246 g/mol. The van der Waals surface area contributed by atoms with E-state index in [1.807, 2.05) is 0 Å². The maximum Gasteiger partial charge on any atom is 0.320 e. The minimum Gasteiger partial charge on any atom is -0.481 e. The van der Waals surface area contributed by atoms with Gasteiger partial charge in [-0.25, -0.2) is 4.79 Å². The van der Waals surface area contributed by atoms with Crippen LogP contribution in [0.1, 0.15) is 12.5 Å². The predicted molar refractivity (Wildman–Crippen MR) is 68.2 cm³/mol. The third-order valence-corrected chi connectivity index (χ3v) is 2.14.